The van der Waals surface area contributed by atoms with Crippen molar-refractivity contribution in [2.24, 2.45) is 0 Å². The zero-order valence-corrected chi connectivity index (χ0v) is 11.6. The predicted molar refractivity (Wildman–Crippen MR) is 76.5 cm³/mol. The van der Waals surface area contributed by atoms with E-state index in [1.54, 1.807) is 23.0 Å². The second-order valence-electron chi connectivity index (χ2n) is 4.49. The minimum Gasteiger partial charge on any atom is -0.346 e. The molecule has 0 aliphatic heterocycles. The first-order chi connectivity index (χ1) is 9.61. The molecule has 2 aromatic heterocycles. The largest absolute Gasteiger partial charge is 0.346 e. The molecule has 2 aromatic rings. The summed E-state index contributed by atoms with van der Waals surface area (Å²) in [6.07, 6.45) is 3.32. The summed E-state index contributed by atoms with van der Waals surface area (Å²) >= 11 is 0. The third-order valence-corrected chi connectivity index (χ3v) is 3.13. The highest BCUT2D eigenvalue weighted by molar-refractivity contribution is 5.93. The van der Waals surface area contributed by atoms with Crippen molar-refractivity contribution in [2.45, 2.75) is 26.9 Å². The van der Waals surface area contributed by atoms with E-state index in [9.17, 15) is 9.59 Å². The summed E-state index contributed by atoms with van der Waals surface area (Å²) in [4.78, 5) is 27.9. The first-order valence-electron chi connectivity index (χ1n) is 6.51. The van der Waals surface area contributed by atoms with E-state index >= 15 is 0 Å². The van der Waals surface area contributed by atoms with Crippen molar-refractivity contribution in [3.05, 3.63) is 63.8 Å². The smallest absolute Gasteiger partial charge is 0.251 e. The SMILES string of the molecule is CCn1ccc(C(=O)NCc2ncccc2C)cc1=O. The van der Waals surface area contributed by atoms with E-state index in [2.05, 4.69) is 10.3 Å². The van der Waals surface area contributed by atoms with Gasteiger partial charge in [-0.25, -0.2) is 0 Å². The number of hydrogen-bond acceptors (Lipinski definition) is 3. The summed E-state index contributed by atoms with van der Waals surface area (Å²) in [5.74, 6) is -0.268. The lowest BCUT2D eigenvalue weighted by Crippen LogP contribution is -2.26. The maximum absolute atomic E-state index is 12.0. The average Bonchev–Trinajstić information content (AvgIpc) is 2.46. The Morgan fingerprint density at radius 1 is 1.40 bits per heavy atom. The van der Waals surface area contributed by atoms with Crippen LogP contribution in [0.1, 0.15) is 28.5 Å². The van der Waals surface area contributed by atoms with Gasteiger partial charge >= 0.3 is 0 Å². The van der Waals surface area contributed by atoms with E-state index in [0.717, 1.165) is 11.3 Å². The Balaban J connectivity index is 2.07. The second-order valence-corrected chi connectivity index (χ2v) is 4.49. The summed E-state index contributed by atoms with van der Waals surface area (Å²) in [5.41, 5.74) is 2.04. The monoisotopic (exact) mass is 271 g/mol. The van der Waals surface area contributed by atoms with Crippen LogP contribution in [-0.4, -0.2) is 15.5 Å². The molecular weight excluding hydrogens is 254 g/mol. The molecule has 0 saturated carbocycles. The molecule has 0 unspecified atom stereocenters. The number of carbonyl (C=O) groups is 1. The zero-order valence-electron chi connectivity index (χ0n) is 11.6. The highest BCUT2D eigenvalue weighted by Gasteiger charge is 2.08. The summed E-state index contributed by atoms with van der Waals surface area (Å²) in [5, 5.41) is 2.77. The third kappa shape index (κ3) is 3.12. The molecule has 2 rings (SSSR count). The number of nitrogens with one attached hydrogen (secondary N) is 1. The number of hydrogen-bond donors (Lipinski definition) is 1. The maximum Gasteiger partial charge on any atom is 0.251 e. The molecule has 1 amide bonds. The van der Waals surface area contributed by atoms with Crippen molar-refractivity contribution in [1.82, 2.24) is 14.9 Å². The number of aryl methyl sites for hydroxylation is 2. The van der Waals surface area contributed by atoms with E-state index in [4.69, 9.17) is 0 Å². The minimum atomic E-state index is -0.268. The molecule has 0 aliphatic rings. The second kappa shape index (κ2) is 6.14. The van der Waals surface area contributed by atoms with Crippen molar-refractivity contribution in [2.75, 3.05) is 0 Å². The van der Waals surface area contributed by atoms with Crippen molar-refractivity contribution < 1.29 is 4.79 Å². The molecular formula is C15H17N3O2. The van der Waals surface area contributed by atoms with Gasteiger partial charge in [0.25, 0.3) is 11.5 Å². The Hall–Kier alpha value is -2.43. The molecule has 104 valence electrons. The van der Waals surface area contributed by atoms with Crippen LogP contribution in [0.2, 0.25) is 0 Å². The molecule has 5 heteroatoms. The molecule has 1 N–H and O–H groups in total. The lowest BCUT2D eigenvalue weighted by Gasteiger charge is -2.07. The normalized spacial score (nSPS) is 10.3. The number of carbonyl (C=O) groups excluding carboxylic acids is 1. The van der Waals surface area contributed by atoms with Gasteiger partial charge in [0.05, 0.1) is 12.2 Å². The van der Waals surface area contributed by atoms with Crippen LogP contribution in [0.5, 0.6) is 0 Å². The van der Waals surface area contributed by atoms with Crippen LogP contribution in [0.4, 0.5) is 0 Å². The molecule has 0 atom stereocenters. The summed E-state index contributed by atoms with van der Waals surface area (Å²) in [7, 11) is 0. The summed E-state index contributed by atoms with van der Waals surface area (Å²) in [6.45, 7) is 4.76. The van der Waals surface area contributed by atoms with Crippen LogP contribution in [0, 0.1) is 6.92 Å². The van der Waals surface area contributed by atoms with Gasteiger partial charge in [-0.15, -0.1) is 0 Å². The fraction of sp³-hybridized carbons (Fsp3) is 0.267. The predicted octanol–water partition coefficient (Wildman–Crippen LogP) is 1.50. The molecule has 0 aromatic carbocycles. The number of aromatic nitrogens is 2. The standard InChI is InChI=1S/C15H17N3O2/c1-3-18-8-6-12(9-14(18)19)15(20)17-10-13-11(2)5-4-7-16-13/h4-9H,3,10H2,1-2H3,(H,17,20). The van der Waals surface area contributed by atoms with Crippen molar-refractivity contribution >= 4 is 5.91 Å². The van der Waals surface area contributed by atoms with Gasteiger partial charge < -0.3 is 9.88 Å². The topological polar surface area (TPSA) is 64.0 Å². The fourth-order valence-corrected chi connectivity index (χ4v) is 1.88. The van der Waals surface area contributed by atoms with Crippen LogP contribution < -0.4 is 10.9 Å². The van der Waals surface area contributed by atoms with Crippen LogP contribution in [0.25, 0.3) is 0 Å². The molecule has 0 aliphatic carbocycles. The van der Waals surface area contributed by atoms with Crippen LogP contribution in [0.15, 0.2) is 41.5 Å². The average molecular weight is 271 g/mol. The Morgan fingerprint density at radius 2 is 2.20 bits per heavy atom. The Bertz CT molecular complexity index is 677. The molecule has 5 nitrogen and oxygen atoms in total. The van der Waals surface area contributed by atoms with Gasteiger partial charge in [-0.2, -0.15) is 0 Å². The molecule has 0 fully saturated rings. The molecule has 20 heavy (non-hydrogen) atoms. The van der Waals surface area contributed by atoms with Gasteiger partial charge in [0.1, 0.15) is 0 Å². The van der Waals surface area contributed by atoms with Gasteiger partial charge in [-0.1, -0.05) is 6.07 Å². The van der Waals surface area contributed by atoms with E-state index in [1.165, 1.54) is 6.07 Å². The highest BCUT2D eigenvalue weighted by atomic mass is 16.2. The Kier molecular flexibility index (Phi) is 4.30. The number of rotatable bonds is 4. The van der Waals surface area contributed by atoms with E-state index in [0.29, 0.717) is 18.7 Å². The number of nitrogens with zero attached hydrogens (tertiary/aromatic N) is 2. The van der Waals surface area contributed by atoms with E-state index < -0.39 is 0 Å². The first-order valence-corrected chi connectivity index (χ1v) is 6.51. The number of pyridine rings is 2. The third-order valence-electron chi connectivity index (χ3n) is 3.13. The van der Waals surface area contributed by atoms with Gasteiger partial charge in [-0.3, -0.25) is 14.6 Å². The highest BCUT2D eigenvalue weighted by Crippen LogP contribution is 2.03. The first kappa shape index (κ1) is 14.0. The van der Waals surface area contributed by atoms with Gasteiger partial charge in [0, 0.05) is 30.6 Å². The summed E-state index contributed by atoms with van der Waals surface area (Å²) < 4.78 is 1.54. The van der Waals surface area contributed by atoms with E-state index in [1.807, 2.05) is 26.0 Å². The number of amides is 1. The van der Waals surface area contributed by atoms with Gasteiger partial charge in [0.2, 0.25) is 0 Å². The van der Waals surface area contributed by atoms with E-state index in [-0.39, 0.29) is 11.5 Å². The minimum absolute atomic E-state index is 0.172. The molecule has 0 spiro atoms. The lowest BCUT2D eigenvalue weighted by atomic mass is 10.2. The van der Waals surface area contributed by atoms with Crippen molar-refractivity contribution in [3.63, 3.8) is 0 Å². The zero-order chi connectivity index (χ0) is 14.5. The van der Waals surface area contributed by atoms with Gasteiger partial charge in [0.15, 0.2) is 0 Å². The molecule has 0 bridgehead atoms. The van der Waals surface area contributed by atoms with Crippen LogP contribution >= 0.6 is 0 Å². The fourth-order valence-electron chi connectivity index (χ4n) is 1.88. The van der Waals surface area contributed by atoms with Crippen LogP contribution in [0.3, 0.4) is 0 Å². The van der Waals surface area contributed by atoms with Crippen LogP contribution in [-0.2, 0) is 13.1 Å². The molecule has 0 saturated heterocycles. The molecule has 0 radical (unpaired) electrons. The summed E-state index contributed by atoms with van der Waals surface area (Å²) in [6, 6.07) is 6.79. The quantitative estimate of drug-likeness (QED) is 0.916. The van der Waals surface area contributed by atoms with Crippen molar-refractivity contribution in [3.8, 4) is 0 Å². The Morgan fingerprint density at radius 3 is 2.85 bits per heavy atom. The maximum atomic E-state index is 12.0. The molecule has 2 heterocycles. The Labute approximate surface area is 117 Å². The van der Waals surface area contributed by atoms with Crippen molar-refractivity contribution in [1.29, 1.82) is 0 Å². The lowest BCUT2D eigenvalue weighted by molar-refractivity contribution is 0.0950. The van der Waals surface area contributed by atoms with Gasteiger partial charge in [-0.05, 0) is 31.5 Å².